The van der Waals surface area contributed by atoms with Gasteiger partial charge in [0.05, 0.1) is 10.6 Å². The summed E-state index contributed by atoms with van der Waals surface area (Å²) in [5.74, 6) is 0.161. The Kier molecular flexibility index (Phi) is 4.87. The summed E-state index contributed by atoms with van der Waals surface area (Å²) in [5, 5.41) is 0. The van der Waals surface area contributed by atoms with Crippen LogP contribution in [0.25, 0.3) is 0 Å². The van der Waals surface area contributed by atoms with Crippen LogP contribution in [0.4, 0.5) is 0 Å². The molecule has 3 nitrogen and oxygen atoms in total. The van der Waals surface area contributed by atoms with Crippen molar-refractivity contribution in [3.05, 3.63) is 29.8 Å². The molecular weight excluding hydrogens is 236 g/mol. The SMILES string of the molecule is CCC(=O)CCCS(=O)(=O)c1ccccc1C. The number of aryl methyl sites for hydroxylation is 1. The number of benzene rings is 1. The number of sulfone groups is 1. The monoisotopic (exact) mass is 254 g/mol. The van der Waals surface area contributed by atoms with E-state index in [-0.39, 0.29) is 11.5 Å². The minimum atomic E-state index is -3.25. The number of carbonyl (C=O) groups is 1. The Morgan fingerprint density at radius 1 is 1.24 bits per heavy atom. The van der Waals surface area contributed by atoms with Crippen LogP contribution >= 0.6 is 0 Å². The van der Waals surface area contributed by atoms with E-state index < -0.39 is 9.84 Å². The number of rotatable bonds is 6. The second kappa shape index (κ2) is 5.96. The summed E-state index contributed by atoms with van der Waals surface area (Å²) >= 11 is 0. The zero-order chi connectivity index (χ0) is 12.9. The zero-order valence-electron chi connectivity index (χ0n) is 10.3. The predicted molar refractivity (Wildman–Crippen MR) is 67.8 cm³/mol. The third-order valence-electron chi connectivity index (χ3n) is 2.69. The maximum atomic E-state index is 12.0. The van der Waals surface area contributed by atoms with E-state index in [1.165, 1.54) is 0 Å². The van der Waals surface area contributed by atoms with Gasteiger partial charge in [-0.05, 0) is 25.0 Å². The molecule has 1 rings (SSSR count). The lowest BCUT2D eigenvalue weighted by atomic mass is 10.2. The molecule has 1 aromatic carbocycles. The molecule has 0 aliphatic heterocycles. The highest BCUT2D eigenvalue weighted by atomic mass is 32.2. The first-order chi connectivity index (χ1) is 7.97. The highest BCUT2D eigenvalue weighted by molar-refractivity contribution is 7.91. The highest BCUT2D eigenvalue weighted by Crippen LogP contribution is 2.17. The van der Waals surface area contributed by atoms with Gasteiger partial charge in [0, 0.05) is 12.8 Å². The lowest BCUT2D eigenvalue weighted by Crippen LogP contribution is -2.10. The Bertz CT molecular complexity index is 489. The van der Waals surface area contributed by atoms with E-state index in [1.807, 2.05) is 6.07 Å². The number of carbonyl (C=O) groups excluding carboxylic acids is 1. The lowest BCUT2D eigenvalue weighted by Gasteiger charge is -2.06. The molecule has 0 saturated carbocycles. The molecule has 17 heavy (non-hydrogen) atoms. The van der Waals surface area contributed by atoms with Crippen LogP contribution in [0.15, 0.2) is 29.2 Å². The zero-order valence-corrected chi connectivity index (χ0v) is 11.1. The molecule has 1 aromatic rings. The van der Waals surface area contributed by atoms with Crippen LogP contribution in [0.1, 0.15) is 31.7 Å². The molecule has 0 bridgehead atoms. The molecule has 0 aliphatic carbocycles. The highest BCUT2D eigenvalue weighted by Gasteiger charge is 2.16. The minimum absolute atomic E-state index is 0.0452. The van der Waals surface area contributed by atoms with Crippen LogP contribution in [-0.2, 0) is 14.6 Å². The fourth-order valence-electron chi connectivity index (χ4n) is 1.65. The van der Waals surface area contributed by atoms with Crippen molar-refractivity contribution < 1.29 is 13.2 Å². The van der Waals surface area contributed by atoms with Crippen LogP contribution in [0.3, 0.4) is 0 Å². The second-order valence-electron chi connectivity index (χ2n) is 4.08. The van der Waals surface area contributed by atoms with Gasteiger partial charge in [0.25, 0.3) is 0 Å². The number of Topliss-reactive ketones (excluding diaryl/α,β-unsaturated/α-hetero) is 1. The molecule has 0 spiro atoms. The van der Waals surface area contributed by atoms with Gasteiger partial charge in [-0.25, -0.2) is 8.42 Å². The van der Waals surface area contributed by atoms with E-state index in [4.69, 9.17) is 0 Å². The summed E-state index contributed by atoms with van der Waals surface area (Å²) in [6.45, 7) is 3.57. The maximum absolute atomic E-state index is 12.0. The summed E-state index contributed by atoms with van der Waals surface area (Å²) in [5.41, 5.74) is 0.759. The van der Waals surface area contributed by atoms with E-state index in [9.17, 15) is 13.2 Å². The number of ketones is 1. The first kappa shape index (κ1) is 13.9. The summed E-state index contributed by atoms with van der Waals surface area (Å²) in [4.78, 5) is 11.5. The average molecular weight is 254 g/mol. The summed E-state index contributed by atoms with van der Waals surface area (Å²) in [6, 6.07) is 6.93. The molecule has 0 saturated heterocycles. The fraction of sp³-hybridized carbons (Fsp3) is 0.462. The Labute approximate surface area is 103 Å². The largest absolute Gasteiger partial charge is 0.300 e. The van der Waals surface area contributed by atoms with Crippen molar-refractivity contribution in [1.29, 1.82) is 0 Å². The van der Waals surface area contributed by atoms with Crippen molar-refractivity contribution >= 4 is 15.6 Å². The average Bonchev–Trinajstić information content (AvgIpc) is 2.28. The fourth-order valence-corrected chi connectivity index (χ4v) is 3.24. The normalized spacial score (nSPS) is 11.4. The van der Waals surface area contributed by atoms with Crippen molar-refractivity contribution in [3.8, 4) is 0 Å². The molecule has 0 amide bonds. The van der Waals surface area contributed by atoms with Crippen molar-refractivity contribution in [3.63, 3.8) is 0 Å². The summed E-state index contributed by atoms with van der Waals surface area (Å²) in [7, 11) is -3.25. The van der Waals surface area contributed by atoms with Gasteiger partial charge in [-0.15, -0.1) is 0 Å². The van der Waals surface area contributed by atoms with E-state index in [0.717, 1.165) is 5.56 Å². The van der Waals surface area contributed by atoms with Gasteiger partial charge in [-0.2, -0.15) is 0 Å². The minimum Gasteiger partial charge on any atom is -0.300 e. The Hall–Kier alpha value is -1.16. The van der Waals surface area contributed by atoms with Gasteiger partial charge in [0.15, 0.2) is 9.84 Å². The molecule has 0 heterocycles. The second-order valence-corrected chi connectivity index (χ2v) is 6.16. The molecule has 0 atom stereocenters. The molecule has 0 N–H and O–H groups in total. The Balaban J connectivity index is 2.70. The first-order valence-corrected chi connectivity index (χ1v) is 7.42. The smallest absolute Gasteiger partial charge is 0.178 e. The van der Waals surface area contributed by atoms with Crippen LogP contribution < -0.4 is 0 Å². The van der Waals surface area contributed by atoms with Gasteiger partial charge >= 0.3 is 0 Å². The van der Waals surface area contributed by atoms with Crippen molar-refractivity contribution in [2.75, 3.05) is 5.75 Å². The molecule has 4 heteroatoms. The van der Waals surface area contributed by atoms with Crippen molar-refractivity contribution in [2.45, 2.75) is 38.0 Å². The predicted octanol–water partition coefficient (Wildman–Crippen LogP) is 2.53. The summed E-state index contributed by atoms with van der Waals surface area (Å²) < 4.78 is 24.0. The van der Waals surface area contributed by atoms with Crippen molar-refractivity contribution in [2.24, 2.45) is 0 Å². The van der Waals surface area contributed by atoms with Crippen molar-refractivity contribution in [1.82, 2.24) is 0 Å². The molecule has 0 aromatic heterocycles. The van der Waals surface area contributed by atoms with Gasteiger partial charge in [-0.1, -0.05) is 25.1 Å². The van der Waals surface area contributed by atoms with E-state index in [0.29, 0.717) is 24.2 Å². The first-order valence-electron chi connectivity index (χ1n) is 5.77. The molecular formula is C13H18O3S. The van der Waals surface area contributed by atoms with Gasteiger partial charge < -0.3 is 0 Å². The molecule has 0 aliphatic rings. The van der Waals surface area contributed by atoms with E-state index >= 15 is 0 Å². The van der Waals surface area contributed by atoms with Gasteiger partial charge in [0.1, 0.15) is 5.78 Å². The standard InChI is InChI=1S/C13H18O3S/c1-3-12(14)8-6-10-17(15,16)13-9-5-4-7-11(13)2/h4-5,7,9H,3,6,8,10H2,1-2H3. The third-order valence-corrected chi connectivity index (χ3v) is 4.65. The van der Waals surface area contributed by atoms with Crippen LogP contribution in [0.2, 0.25) is 0 Å². The van der Waals surface area contributed by atoms with Crippen LogP contribution in [-0.4, -0.2) is 20.0 Å². The molecule has 94 valence electrons. The molecule has 0 unspecified atom stereocenters. The van der Waals surface area contributed by atoms with Crippen LogP contribution in [0.5, 0.6) is 0 Å². The summed E-state index contributed by atoms with van der Waals surface area (Å²) in [6.07, 6.45) is 1.23. The molecule has 0 radical (unpaired) electrons. The quantitative estimate of drug-likeness (QED) is 0.784. The topological polar surface area (TPSA) is 51.2 Å². The van der Waals surface area contributed by atoms with Gasteiger partial charge in [0.2, 0.25) is 0 Å². The Morgan fingerprint density at radius 3 is 2.47 bits per heavy atom. The number of hydrogen-bond donors (Lipinski definition) is 0. The van der Waals surface area contributed by atoms with Gasteiger partial charge in [-0.3, -0.25) is 4.79 Å². The third kappa shape index (κ3) is 3.97. The Morgan fingerprint density at radius 2 is 1.88 bits per heavy atom. The maximum Gasteiger partial charge on any atom is 0.178 e. The molecule has 0 fully saturated rings. The lowest BCUT2D eigenvalue weighted by molar-refractivity contribution is -0.118. The number of hydrogen-bond acceptors (Lipinski definition) is 3. The van der Waals surface area contributed by atoms with E-state index in [2.05, 4.69) is 0 Å². The van der Waals surface area contributed by atoms with Crippen LogP contribution in [0, 0.1) is 6.92 Å². The van der Waals surface area contributed by atoms with E-state index in [1.54, 1.807) is 32.0 Å².